The number of aromatic nitrogens is 4. The number of fused-ring (bicyclic) bond motifs is 3. The average molecular weight is 414 g/mol. The van der Waals surface area contributed by atoms with Crippen LogP contribution < -0.4 is 4.90 Å². The highest BCUT2D eigenvalue weighted by molar-refractivity contribution is 6.04. The van der Waals surface area contributed by atoms with Gasteiger partial charge in [0.25, 0.3) is 0 Å². The molecule has 5 rings (SSSR count). The van der Waals surface area contributed by atoms with Gasteiger partial charge in [0.15, 0.2) is 0 Å². The summed E-state index contributed by atoms with van der Waals surface area (Å²) in [5.74, 6) is 7.14. The van der Waals surface area contributed by atoms with E-state index in [9.17, 15) is 5.26 Å². The van der Waals surface area contributed by atoms with Crippen LogP contribution in [0, 0.1) is 23.2 Å². The second-order valence-corrected chi connectivity index (χ2v) is 7.52. The Hall–Kier alpha value is -4.68. The molecule has 0 saturated heterocycles. The van der Waals surface area contributed by atoms with Crippen LogP contribution in [0.15, 0.2) is 73.2 Å². The molecule has 0 atom stereocenters. The summed E-state index contributed by atoms with van der Waals surface area (Å²) in [6.07, 6.45) is 5.26. The van der Waals surface area contributed by atoms with Gasteiger partial charge >= 0.3 is 0 Å². The van der Waals surface area contributed by atoms with Crippen molar-refractivity contribution in [3.8, 4) is 23.6 Å². The van der Waals surface area contributed by atoms with Crippen LogP contribution in [0.2, 0.25) is 0 Å². The Balaban J connectivity index is 1.78. The molecule has 0 N–H and O–H groups in total. The maximum Gasteiger partial charge on any atom is 0.210 e. The number of imidazole rings is 1. The van der Waals surface area contributed by atoms with E-state index in [0.717, 1.165) is 44.7 Å². The third-order valence-corrected chi connectivity index (χ3v) is 5.11. The Labute approximate surface area is 185 Å². The lowest BCUT2D eigenvalue weighted by Gasteiger charge is -2.15. The van der Waals surface area contributed by atoms with Crippen LogP contribution in [0.1, 0.15) is 16.7 Å². The molecule has 0 amide bonds. The number of hydrogen-bond donors (Lipinski definition) is 0. The van der Waals surface area contributed by atoms with Gasteiger partial charge in [-0.3, -0.25) is 14.5 Å². The number of nitriles is 1. The summed E-state index contributed by atoms with van der Waals surface area (Å²) in [7, 11) is 3.90. The first-order valence-electron chi connectivity index (χ1n) is 10.0. The van der Waals surface area contributed by atoms with Crippen molar-refractivity contribution < 1.29 is 0 Å². The van der Waals surface area contributed by atoms with Crippen LogP contribution in [-0.4, -0.2) is 33.6 Å². The van der Waals surface area contributed by atoms with Crippen LogP contribution in [0.4, 0.5) is 5.95 Å². The summed E-state index contributed by atoms with van der Waals surface area (Å²) < 4.78 is 2.07. The standard InChI is InChI=1S/C26H18N6/c1-31(2)26-30-24-17-29-23-11-10-18(8-9-19-6-4-12-28-16-19)14-22(23)25(24)32(26)21-7-3-5-20(13-21)15-27/h3-7,10-14,16-17H,1-2H3. The van der Waals surface area contributed by atoms with E-state index in [4.69, 9.17) is 4.98 Å². The van der Waals surface area contributed by atoms with Gasteiger partial charge in [0.05, 0.1) is 34.6 Å². The molecule has 0 fully saturated rings. The zero-order valence-corrected chi connectivity index (χ0v) is 17.6. The van der Waals surface area contributed by atoms with Gasteiger partial charge in [-0.05, 0) is 48.5 Å². The minimum absolute atomic E-state index is 0.593. The molecule has 6 nitrogen and oxygen atoms in total. The smallest absolute Gasteiger partial charge is 0.210 e. The molecule has 0 spiro atoms. The lowest BCUT2D eigenvalue weighted by atomic mass is 10.1. The fourth-order valence-electron chi connectivity index (χ4n) is 3.66. The molecule has 2 aromatic carbocycles. The van der Waals surface area contributed by atoms with Crippen molar-refractivity contribution in [2.45, 2.75) is 0 Å². The van der Waals surface area contributed by atoms with Crippen molar-refractivity contribution >= 4 is 27.9 Å². The summed E-state index contributed by atoms with van der Waals surface area (Å²) in [5.41, 5.74) is 5.76. The topological polar surface area (TPSA) is 70.6 Å². The van der Waals surface area contributed by atoms with Gasteiger partial charge < -0.3 is 4.90 Å². The highest BCUT2D eigenvalue weighted by Gasteiger charge is 2.17. The largest absolute Gasteiger partial charge is 0.348 e. The van der Waals surface area contributed by atoms with E-state index in [1.54, 1.807) is 24.7 Å². The zero-order valence-electron chi connectivity index (χ0n) is 17.6. The number of pyridine rings is 2. The second kappa shape index (κ2) is 7.86. The van der Waals surface area contributed by atoms with Crippen LogP contribution in [0.5, 0.6) is 0 Å². The van der Waals surface area contributed by atoms with Gasteiger partial charge in [0, 0.05) is 43.0 Å². The molecule has 0 saturated carbocycles. The van der Waals surface area contributed by atoms with Crippen LogP contribution in [0.3, 0.4) is 0 Å². The minimum atomic E-state index is 0.593. The average Bonchev–Trinajstić information content (AvgIpc) is 3.24. The molecule has 3 heterocycles. The van der Waals surface area contributed by atoms with E-state index in [2.05, 4.69) is 32.4 Å². The number of hydrogen-bond acceptors (Lipinski definition) is 5. The van der Waals surface area contributed by atoms with Gasteiger partial charge in [0.2, 0.25) is 5.95 Å². The molecule has 6 heteroatoms. The minimum Gasteiger partial charge on any atom is -0.348 e. The van der Waals surface area contributed by atoms with Crippen molar-refractivity contribution in [3.05, 3.63) is 89.9 Å². The van der Waals surface area contributed by atoms with Crippen molar-refractivity contribution in [1.82, 2.24) is 19.5 Å². The van der Waals surface area contributed by atoms with Crippen LogP contribution in [-0.2, 0) is 0 Å². The lowest BCUT2D eigenvalue weighted by molar-refractivity contribution is 0.971. The summed E-state index contributed by atoms with van der Waals surface area (Å²) in [5, 5.41) is 10.3. The summed E-state index contributed by atoms with van der Waals surface area (Å²) >= 11 is 0. The number of anilines is 1. The highest BCUT2D eigenvalue weighted by atomic mass is 15.3. The number of nitrogens with zero attached hydrogens (tertiary/aromatic N) is 6. The number of benzene rings is 2. The maximum atomic E-state index is 9.40. The van der Waals surface area contributed by atoms with Crippen LogP contribution in [0.25, 0.3) is 27.6 Å². The van der Waals surface area contributed by atoms with Crippen molar-refractivity contribution in [2.75, 3.05) is 19.0 Å². The van der Waals surface area contributed by atoms with Gasteiger partial charge in [-0.1, -0.05) is 17.9 Å². The highest BCUT2D eigenvalue weighted by Crippen LogP contribution is 2.31. The van der Waals surface area contributed by atoms with E-state index in [1.165, 1.54) is 0 Å². The van der Waals surface area contributed by atoms with E-state index >= 15 is 0 Å². The Morgan fingerprint density at radius 2 is 1.72 bits per heavy atom. The second-order valence-electron chi connectivity index (χ2n) is 7.52. The zero-order chi connectivity index (χ0) is 22.1. The summed E-state index contributed by atoms with van der Waals surface area (Å²) in [4.78, 5) is 15.5. The van der Waals surface area contributed by atoms with Gasteiger partial charge in [-0.15, -0.1) is 0 Å². The third kappa shape index (κ3) is 3.40. The van der Waals surface area contributed by atoms with E-state index in [1.807, 2.05) is 67.5 Å². The van der Waals surface area contributed by atoms with Crippen molar-refractivity contribution in [1.29, 1.82) is 5.26 Å². The predicted molar refractivity (Wildman–Crippen MR) is 126 cm³/mol. The molecule has 5 aromatic rings. The molecule has 0 bridgehead atoms. The quantitative estimate of drug-likeness (QED) is 0.403. The predicted octanol–water partition coefficient (Wildman–Crippen LogP) is 4.31. The molecule has 0 unspecified atom stereocenters. The maximum absolute atomic E-state index is 9.40. The fraction of sp³-hybridized carbons (Fsp3) is 0.0769. The molecule has 0 aliphatic heterocycles. The Morgan fingerprint density at radius 1 is 0.875 bits per heavy atom. The number of rotatable bonds is 2. The summed E-state index contributed by atoms with van der Waals surface area (Å²) in [6.45, 7) is 0. The molecule has 0 aliphatic rings. The monoisotopic (exact) mass is 414 g/mol. The van der Waals surface area contributed by atoms with Gasteiger partial charge in [-0.2, -0.15) is 5.26 Å². The molecular weight excluding hydrogens is 396 g/mol. The summed E-state index contributed by atoms with van der Waals surface area (Å²) in [6, 6.07) is 19.5. The Bertz CT molecular complexity index is 1560. The molecule has 32 heavy (non-hydrogen) atoms. The first-order valence-corrected chi connectivity index (χ1v) is 10.0. The lowest BCUT2D eigenvalue weighted by Crippen LogP contribution is -2.14. The van der Waals surface area contributed by atoms with Gasteiger partial charge in [-0.25, -0.2) is 4.98 Å². The Morgan fingerprint density at radius 3 is 2.50 bits per heavy atom. The van der Waals surface area contributed by atoms with E-state index < -0.39 is 0 Å². The first kappa shape index (κ1) is 19.3. The normalized spacial score (nSPS) is 10.5. The SMILES string of the molecule is CN(C)c1nc2cnc3ccc(C#Cc4cccnc4)cc3c2n1-c1cccc(C#N)c1. The molecule has 0 radical (unpaired) electrons. The van der Waals surface area contributed by atoms with Crippen molar-refractivity contribution in [3.63, 3.8) is 0 Å². The molecule has 152 valence electrons. The molecular formula is C26H18N6. The van der Waals surface area contributed by atoms with E-state index in [0.29, 0.717) is 5.56 Å². The van der Waals surface area contributed by atoms with Gasteiger partial charge in [0.1, 0.15) is 5.52 Å². The van der Waals surface area contributed by atoms with Crippen LogP contribution >= 0.6 is 0 Å². The molecule has 3 aromatic heterocycles. The fourth-order valence-corrected chi connectivity index (χ4v) is 3.66. The Kier molecular flexibility index (Phi) is 4.74. The van der Waals surface area contributed by atoms with Crippen molar-refractivity contribution in [2.24, 2.45) is 0 Å². The molecule has 0 aliphatic carbocycles. The third-order valence-electron chi connectivity index (χ3n) is 5.11. The van der Waals surface area contributed by atoms with E-state index in [-0.39, 0.29) is 0 Å². The first-order chi connectivity index (χ1) is 15.6.